The van der Waals surface area contributed by atoms with E-state index in [0.717, 1.165) is 5.52 Å². The van der Waals surface area contributed by atoms with E-state index in [1.54, 1.807) is 17.7 Å². The van der Waals surface area contributed by atoms with E-state index in [9.17, 15) is 17.6 Å². The van der Waals surface area contributed by atoms with Crippen LogP contribution in [0.5, 0.6) is 0 Å². The molecule has 11 heteroatoms. The Morgan fingerprint density at radius 1 is 1.28 bits per heavy atom. The first-order valence-electron chi connectivity index (χ1n) is 9.95. The Kier molecular flexibility index (Phi) is 6.78. The van der Waals surface area contributed by atoms with E-state index in [2.05, 4.69) is 4.99 Å². The van der Waals surface area contributed by atoms with Gasteiger partial charge in [0.1, 0.15) is 11.9 Å². The molecule has 4 rings (SSSR count). The molecule has 32 heavy (non-hydrogen) atoms. The fourth-order valence-corrected chi connectivity index (χ4v) is 6.58. The Labute approximate surface area is 193 Å². The van der Waals surface area contributed by atoms with E-state index in [-0.39, 0.29) is 17.3 Å². The summed E-state index contributed by atoms with van der Waals surface area (Å²) in [6, 6.07) is 9.32. The molecule has 0 aliphatic carbocycles. The van der Waals surface area contributed by atoms with Crippen LogP contribution >= 0.6 is 22.9 Å². The van der Waals surface area contributed by atoms with Crippen molar-refractivity contribution in [3.63, 3.8) is 0 Å². The molecule has 1 aliphatic rings. The van der Waals surface area contributed by atoms with Crippen LogP contribution in [0.2, 0.25) is 5.02 Å². The summed E-state index contributed by atoms with van der Waals surface area (Å²) in [6.07, 6.45) is 0.937. The average molecular weight is 498 g/mol. The number of hydrogen-bond acceptors (Lipinski definition) is 5. The highest BCUT2D eigenvalue weighted by Gasteiger charge is 2.39. The maximum atomic E-state index is 13.7. The van der Waals surface area contributed by atoms with Crippen molar-refractivity contribution in [3.8, 4) is 0 Å². The molecular formula is C21H21ClFN3O4S2. The summed E-state index contributed by atoms with van der Waals surface area (Å²) in [5, 5.41) is 0.426. The molecule has 1 unspecified atom stereocenters. The molecule has 2 heterocycles. The van der Waals surface area contributed by atoms with E-state index >= 15 is 0 Å². The van der Waals surface area contributed by atoms with Gasteiger partial charge in [-0.1, -0.05) is 22.9 Å². The minimum Gasteiger partial charge on any atom is -0.383 e. The lowest BCUT2D eigenvalue weighted by Gasteiger charge is -2.21. The Balaban J connectivity index is 1.71. The van der Waals surface area contributed by atoms with Crippen LogP contribution in [0.4, 0.5) is 4.39 Å². The standard InChI is InChI=1S/C21H21ClFN3O4S2/c1-30-12-11-25-17-9-6-15(23)13-19(17)31-21(25)24-20(27)18-3-2-10-26(18)32(28,29)16-7-4-14(22)5-8-16/h4-9,13,18H,2-3,10-12H2,1H3. The topological polar surface area (TPSA) is 81.0 Å². The molecule has 1 aliphatic heterocycles. The zero-order chi connectivity index (χ0) is 22.9. The van der Waals surface area contributed by atoms with Crippen molar-refractivity contribution in [1.29, 1.82) is 0 Å². The van der Waals surface area contributed by atoms with Crippen molar-refractivity contribution in [3.05, 3.63) is 58.1 Å². The normalized spacial score (nSPS) is 18.0. The van der Waals surface area contributed by atoms with Gasteiger partial charge in [-0.2, -0.15) is 9.30 Å². The van der Waals surface area contributed by atoms with Gasteiger partial charge in [-0.05, 0) is 55.3 Å². The Bertz CT molecular complexity index is 1320. The smallest absolute Gasteiger partial charge is 0.266 e. The van der Waals surface area contributed by atoms with E-state index in [1.165, 1.54) is 52.0 Å². The molecule has 1 atom stereocenters. The Morgan fingerprint density at radius 3 is 2.75 bits per heavy atom. The van der Waals surface area contributed by atoms with Crippen LogP contribution in [0.3, 0.4) is 0 Å². The molecule has 7 nitrogen and oxygen atoms in total. The maximum Gasteiger partial charge on any atom is 0.266 e. The van der Waals surface area contributed by atoms with Crippen molar-refractivity contribution in [2.24, 2.45) is 4.99 Å². The van der Waals surface area contributed by atoms with E-state index < -0.39 is 22.0 Å². The number of carbonyl (C=O) groups is 1. The highest BCUT2D eigenvalue weighted by Crippen LogP contribution is 2.28. The van der Waals surface area contributed by atoms with Gasteiger partial charge in [-0.25, -0.2) is 12.8 Å². The van der Waals surface area contributed by atoms with Gasteiger partial charge in [0.05, 0.1) is 21.7 Å². The highest BCUT2D eigenvalue weighted by atomic mass is 35.5. The first-order valence-corrected chi connectivity index (χ1v) is 12.6. The third kappa shape index (κ3) is 4.51. The molecule has 170 valence electrons. The number of aromatic nitrogens is 1. The average Bonchev–Trinajstić information content (AvgIpc) is 3.37. The molecule has 1 amide bonds. The van der Waals surface area contributed by atoms with Gasteiger partial charge in [0, 0.05) is 25.2 Å². The quantitative estimate of drug-likeness (QED) is 0.522. The third-order valence-electron chi connectivity index (χ3n) is 5.28. The van der Waals surface area contributed by atoms with Crippen molar-refractivity contribution in [1.82, 2.24) is 8.87 Å². The maximum absolute atomic E-state index is 13.7. The molecule has 1 saturated heterocycles. The van der Waals surface area contributed by atoms with Crippen LogP contribution in [-0.4, -0.2) is 49.5 Å². The van der Waals surface area contributed by atoms with Crippen molar-refractivity contribution in [2.75, 3.05) is 20.3 Å². The number of nitrogens with zero attached hydrogens (tertiary/aromatic N) is 3. The third-order valence-corrected chi connectivity index (χ3v) is 8.49. The second kappa shape index (κ2) is 9.40. The minimum atomic E-state index is -3.88. The number of amides is 1. The van der Waals surface area contributed by atoms with Crippen LogP contribution in [0.25, 0.3) is 10.2 Å². The van der Waals surface area contributed by atoms with Crippen LogP contribution in [0.1, 0.15) is 12.8 Å². The summed E-state index contributed by atoms with van der Waals surface area (Å²) in [5.41, 5.74) is 0.733. The summed E-state index contributed by atoms with van der Waals surface area (Å²) >= 11 is 7.05. The molecule has 0 bridgehead atoms. The van der Waals surface area contributed by atoms with Gasteiger partial charge in [0.15, 0.2) is 4.80 Å². The second-order valence-corrected chi connectivity index (χ2v) is 10.7. The lowest BCUT2D eigenvalue weighted by Crippen LogP contribution is -2.40. The summed E-state index contributed by atoms with van der Waals surface area (Å²) in [4.78, 5) is 17.8. The van der Waals surface area contributed by atoms with E-state index in [0.29, 0.717) is 40.5 Å². The lowest BCUT2D eigenvalue weighted by molar-refractivity contribution is -0.121. The number of fused-ring (bicyclic) bond motifs is 1. The predicted octanol–water partition coefficient (Wildman–Crippen LogP) is 3.42. The van der Waals surface area contributed by atoms with E-state index in [1.807, 2.05) is 0 Å². The van der Waals surface area contributed by atoms with Crippen molar-refractivity contribution in [2.45, 2.75) is 30.3 Å². The number of ether oxygens (including phenoxy) is 1. The first kappa shape index (κ1) is 23.1. The van der Waals surface area contributed by atoms with Crippen LogP contribution in [0.15, 0.2) is 52.4 Å². The molecule has 0 N–H and O–H groups in total. The second-order valence-electron chi connectivity index (χ2n) is 7.32. The van der Waals surface area contributed by atoms with Crippen LogP contribution < -0.4 is 4.80 Å². The number of hydrogen-bond donors (Lipinski definition) is 0. The van der Waals surface area contributed by atoms with Gasteiger partial charge < -0.3 is 9.30 Å². The summed E-state index contributed by atoms with van der Waals surface area (Å²) in [6.45, 7) is 1.04. The number of carbonyl (C=O) groups excluding carboxylic acids is 1. The van der Waals surface area contributed by atoms with Gasteiger partial charge in [-0.3, -0.25) is 4.79 Å². The van der Waals surface area contributed by atoms with Crippen LogP contribution in [-0.2, 0) is 26.1 Å². The van der Waals surface area contributed by atoms with E-state index in [4.69, 9.17) is 16.3 Å². The van der Waals surface area contributed by atoms with Gasteiger partial charge in [0.25, 0.3) is 5.91 Å². The highest BCUT2D eigenvalue weighted by molar-refractivity contribution is 7.89. The monoisotopic (exact) mass is 497 g/mol. The summed E-state index contributed by atoms with van der Waals surface area (Å²) in [7, 11) is -2.31. The molecule has 2 aromatic carbocycles. The van der Waals surface area contributed by atoms with Gasteiger partial charge >= 0.3 is 0 Å². The lowest BCUT2D eigenvalue weighted by atomic mass is 10.2. The van der Waals surface area contributed by atoms with Crippen LogP contribution in [0, 0.1) is 5.82 Å². The number of thiazole rings is 1. The minimum absolute atomic E-state index is 0.0779. The molecule has 3 aromatic rings. The molecule has 0 radical (unpaired) electrons. The number of benzene rings is 2. The zero-order valence-electron chi connectivity index (χ0n) is 17.2. The number of sulfonamides is 1. The first-order chi connectivity index (χ1) is 15.3. The fourth-order valence-electron chi connectivity index (χ4n) is 3.72. The van der Waals surface area contributed by atoms with Gasteiger partial charge in [-0.15, -0.1) is 0 Å². The summed E-state index contributed by atoms with van der Waals surface area (Å²) in [5.74, 6) is -0.926. The SMILES string of the molecule is COCCn1c(=NC(=O)C2CCCN2S(=O)(=O)c2ccc(Cl)cc2)sc2cc(F)ccc21. The number of methoxy groups -OCH3 is 1. The molecule has 1 aromatic heterocycles. The largest absolute Gasteiger partial charge is 0.383 e. The van der Waals surface area contributed by atoms with Crippen molar-refractivity contribution < 1.29 is 22.3 Å². The molecule has 0 saturated carbocycles. The Hall–Kier alpha value is -2.11. The molecule has 0 spiro atoms. The summed E-state index contributed by atoms with van der Waals surface area (Å²) < 4.78 is 48.7. The predicted molar refractivity (Wildman–Crippen MR) is 121 cm³/mol. The van der Waals surface area contributed by atoms with Gasteiger partial charge in [0.2, 0.25) is 10.0 Å². The van der Waals surface area contributed by atoms with Crippen molar-refractivity contribution >= 4 is 49.1 Å². The number of halogens is 2. The molecule has 1 fully saturated rings. The fraction of sp³-hybridized carbons (Fsp3) is 0.333. The zero-order valence-corrected chi connectivity index (χ0v) is 19.6. The molecular weight excluding hydrogens is 477 g/mol. The Morgan fingerprint density at radius 2 is 2.03 bits per heavy atom. The number of rotatable bonds is 6.